The summed E-state index contributed by atoms with van der Waals surface area (Å²) in [5.74, 6) is 0.489. The lowest BCUT2D eigenvalue weighted by molar-refractivity contribution is -0.116. The lowest BCUT2D eigenvalue weighted by Gasteiger charge is -2.28. The molecule has 4 rings (SSSR count). The van der Waals surface area contributed by atoms with E-state index in [2.05, 4.69) is 34.6 Å². The van der Waals surface area contributed by atoms with Gasteiger partial charge in [-0.2, -0.15) is 4.98 Å². The first-order valence-corrected chi connectivity index (χ1v) is 11.1. The summed E-state index contributed by atoms with van der Waals surface area (Å²) < 4.78 is 1.77. The average Bonchev–Trinajstić information content (AvgIpc) is 2.70. The minimum absolute atomic E-state index is 0.126. The van der Waals surface area contributed by atoms with E-state index in [1.807, 2.05) is 6.92 Å². The van der Waals surface area contributed by atoms with Gasteiger partial charge in [0.1, 0.15) is 5.82 Å². The molecule has 0 radical (unpaired) electrons. The van der Waals surface area contributed by atoms with Crippen LogP contribution in [0.4, 0.5) is 5.82 Å². The van der Waals surface area contributed by atoms with Crippen LogP contribution in [0.1, 0.15) is 34.6 Å². The summed E-state index contributed by atoms with van der Waals surface area (Å²) in [5, 5.41) is 4.31. The Morgan fingerprint density at radius 3 is 2.60 bits per heavy atom. The molecule has 0 spiro atoms. The number of carbonyl (C=O) groups is 1. The zero-order valence-electron chi connectivity index (χ0n) is 16.4. The summed E-state index contributed by atoms with van der Waals surface area (Å²) in [7, 11) is 1.80. The topological polar surface area (TPSA) is 64.0 Å². The SMILES string of the molecule is Cc1ccc(CSc2nc(=O)c3c(n2C)NC(=O)CC3c2ccc(Cl)cc2Cl)cc1. The molecule has 8 heteroatoms. The number of nitrogens with zero attached hydrogens (tertiary/aromatic N) is 2. The van der Waals surface area contributed by atoms with E-state index in [-0.39, 0.29) is 17.9 Å². The molecule has 0 aliphatic carbocycles. The van der Waals surface area contributed by atoms with Gasteiger partial charge in [0.2, 0.25) is 5.91 Å². The van der Waals surface area contributed by atoms with Crippen molar-refractivity contribution in [3.8, 4) is 0 Å². The maximum absolute atomic E-state index is 13.0. The minimum Gasteiger partial charge on any atom is -0.312 e. The van der Waals surface area contributed by atoms with Gasteiger partial charge in [0.25, 0.3) is 5.56 Å². The lowest BCUT2D eigenvalue weighted by atomic mass is 9.86. The molecule has 3 aromatic rings. The number of anilines is 1. The largest absolute Gasteiger partial charge is 0.312 e. The molecular weight excluding hydrogens is 441 g/mol. The highest BCUT2D eigenvalue weighted by molar-refractivity contribution is 7.98. The number of aromatic nitrogens is 2. The highest BCUT2D eigenvalue weighted by Crippen LogP contribution is 2.39. The van der Waals surface area contributed by atoms with Crippen molar-refractivity contribution in [1.29, 1.82) is 0 Å². The Kier molecular flexibility index (Phi) is 5.91. The molecule has 1 aromatic heterocycles. The number of hydrogen-bond donors (Lipinski definition) is 1. The first-order chi connectivity index (χ1) is 14.3. The first kappa shape index (κ1) is 21.0. The Bertz CT molecular complexity index is 1190. The van der Waals surface area contributed by atoms with Crippen LogP contribution in [0.25, 0.3) is 0 Å². The maximum atomic E-state index is 13.0. The zero-order chi connectivity index (χ0) is 21.4. The van der Waals surface area contributed by atoms with Crippen molar-refractivity contribution >= 4 is 46.7 Å². The van der Waals surface area contributed by atoms with Crippen LogP contribution in [0.2, 0.25) is 10.0 Å². The summed E-state index contributed by atoms with van der Waals surface area (Å²) in [6.45, 7) is 2.04. The molecule has 0 saturated heterocycles. The molecule has 154 valence electrons. The van der Waals surface area contributed by atoms with Crippen LogP contribution in [0, 0.1) is 6.92 Å². The van der Waals surface area contributed by atoms with Crippen LogP contribution in [0.5, 0.6) is 0 Å². The molecule has 0 fully saturated rings. The third-order valence-corrected chi connectivity index (χ3v) is 6.79. The number of hydrogen-bond acceptors (Lipinski definition) is 4. The number of rotatable bonds is 4. The molecule has 1 atom stereocenters. The molecule has 1 unspecified atom stereocenters. The molecule has 2 aromatic carbocycles. The number of halogens is 2. The van der Waals surface area contributed by atoms with Crippen molar-refractivity contribution in [2.45, 2.75) is 30.2 Å². The Balaban J connectivity index is 1.72. The van der Waals surface area contributed by atoms with Crippen molar-refractivity contribution in [3.05, 3.63) is 85.1 Å². The van der Waals surface area contributed by atoms with E-state index in [1.165, 1.54) is 17.3 Å². The summed E-state index contributed by atoms with van der Waals surface area (Å²) in [5.41, 5.74) is 3.10. The number of aryl methyl sites for hydroxylation is 1. The predicted molar refractivity (Wildman–Crippen MR) is 122 cm³/mol. The van der Waals surface area contributed by atoms with Crippen molar-refractivity contribution in [2.24, 2.45) is 7.05 Å². The van der Waals surface area contributed by atoms with E-state index < -0.39 is 5.92 Å². The lowest BCUT2D eigenvalue weighted by Crippen LogP contribution is -2.33. The van der Waals surface area contributed by atoms with Gasteiger partial charge in [-0.1, -0.05) is 70.9 Å². The first-order valence-electron chi connectivity index (χ1n) is 9.37. The van der Waals surface area contributed by atoms with Gasteiger partial charge < -0.3 is 9.88 Å². The second-order valence-electron chi connectivity index (χ2n) is 7.27. The Morgan fingerprint density at radius 2 is 1.90 bits per heavy atom. The van der Waals surface area contributed by atoms with Gasteiger partial charge >= 0.3 is 0 Å². The van der Waals surface area contributed by atoms with Gasteiger partial charge in [0, 0.05) is 35.2 Å². The highest BCUT2D eigenvalue weighted by Gasteiger charge is 2.33. The molecule has 1 amide bonds. The van der Waals surface area contributed by atoms with Crippen LogP contribution >= 0.6 is 35.0 Å². The second kappa shape index (κ2) is 8.46. The van der Waals surface area contributed by atoms with Crippen molar-refractivity contribution in [1.82, 2.24) is 9.55 Å². The maximum Gasteiger partial charge on any atom is 0.279 e. The van der Waals surface area contributed by atoms with Crippen molar-refractivity contribution in [3.63, 3.8) is 0 Å². The molecule has 5 nitrogen and oxygen atoms in total. The number of benzene rings is 2. The molecule has 1 N–H and O–H groups in total. The molecule has 0 saturated carbocycles. The molecule has 0 bridgehead atoms. The van der Waals surface area contributed by atoms with Gasteiger partial charge in [0.15, 0.2) is 5.16 Å². The minimum atomic E-state index is -0.471. The van der Waals surface area contributed by atoms with Gasteiger partial charge in [-0.25, -0.2) is 0 Å². The van der Waals surface area contributed by atoms with E-state index in [9.17, 15) is 9.59 Å². The van der Waals surface area contributed by atoms with E-state index in [1.54, 1.807) is 29.8 Å². The Labute approximate surface area is 188 Å². The molecule has 2 heterocycles. The van der Waals surface area contributed by atoms with E-state index >= 15 is 0 Å². The van der Waals surface area contributed by atoms with E-state index in [4.69, 9.17) is 23.2 Å². The predicted octanol–water partition coefficient (Wildman–Crippen LogP) is 5.16. The number of fused-ring (bicyclic) bond motifs is 1. The summed E-state index contributed by atoms with van der Waals surface area (Å²) in [6.07, 6.45) is 0.126. The van der Waals surface area contributed by atoms with Crippen LogP contribution < -0.4 is 10.9 Å². The fraction of sp³-hybridized carbons (Fsp3) is 0.227. The van der Waals surface area contributed by atoms with Crippen molar-refractivity contribution in [2.75, 3.05) is 5.32 Å². The summed E-state index contributed by atoms with van der Waals surface area (Å²) >= 11 is 13.8. The van der Waals surface area contributed by atoms with Gasteiger partial charge in [-0.3, -0.25) is 9.59 Å². The van der Waals surface area contributed by atoms with Gasteiger partial charge in [0.05, 0.1) is 5.56 Å². The Morgan fingerprint density at radius 1 is 1.17 bits per heavy atom. The fourth-order valence-corrected chi connectivity index (χ4v) is 5.01. The number of nitrogens with one attached hydrogen (secondary N) is 1. The third kappa shape index (κ3) is 4.13. The van der Waals surface area contributed by atoms with Crippen LogP contribution in [-0.4, -0.2) is 15.5 Å². The monoisotopic (exact) mass is 459 g/mol. The average molecular weight is 460 g/mol. The van der Waals surface area contributed by atoms with Crippen LogP contribution in [-0.2, 0) is 17.6 Å². The smallest absolute Gasteiger partial charge is 0.279 e. The molecule has 1 aliphatic rings. The normalized spacial score (nSPS) is 15.6. The van der Waals surface area contributed by atoms with E-state index in [0.29, 0.717) is 37.9 Å². The Hall–Kier alpha value is -2.28. The molecular formula is C22H19Cl2N3O2S. The fourth-order valence-electron chi connectivity index (χ4n) is 3.55. The van der Waals surface area contributed by atoms with Crippen molar-refractivity contribution < 1.29 is 4.79 Å². The van der Waals surface area contributed by atoms with Crippen LogP contribution in [0.3, 0.4) is 0 Å². The summed E-state index contributed by atoms with van der Waals surface area (Å²) in [6, 6.07) is 13.3. The quantitative estimate of drug-likeness (QED) is 0.432. The van der Waals surface area contributed by atoms with E-state index in [0.717, 1.165) is 5.56 Å². The zero-order valence-corrected chi connectivity index (χ0v) is 18.7. The van der Waals surface area contributed by atoms with Crippen LogP contribution in [0.15, 0.2) is 52.4 Å². The third-order valence-electron chi connectivity index (χ3n) is 5.13. The summed E-state index contributed by atoms with van der Waals surface area (Å²) in [4.78, 5) is 29.8. The number of carbonyl (C=O) groups excluding carboxylic acids is 1. The number of amides is 1. The van der Waals surface area contributed by atoms with Gasteiger partial charge in [-0.05, 0) is 30.2 Å². The van der Waals surface area contributed by atoms with Gasteiger partial charge in [-0.15, -0.1) is 0 Å². The molecule has 30 heavy (non-hydrogen) atoms. The second-order valence-corrected chi connectivity index (χ2v) is 9.05. The standard InChI is InChI=1S/C22H19Cl2N3O2S/c1-12-3-5-13(6-4-12)11-30-22-26-21(29)19-16(10-18(28)25-20(19)27(22)2)15-8-7-14(23)9-17(15)24/h3-9,16H,10-11H2,1-2H3,(H,25,28). The highest BCUT2D eigenvalue weighted by atomic mass is 35.5. The number of thioether (sulfide) groups is 1. The molecule has 1 aliphatic heterocycles.